The third-order valence-corrected chi connectivity index (χ3v) is 7.76. The molecule has 1 aliphatic carbocycles. The van der Waals surface area contributed by atoms with Crippen LogP contribution in [0.15, 0.2) is 72.8 Å². The summed E-state index contributed by atoms with van der Waals surface area (Å²) in [7, 11) is 0. The zero-order valence-corrected chi connectivity index (χ0v) is 22.8. The summed E-state index contributed by atoms with van der Waals surface area (Å²) >= 11 is 12.9. The second-order valence-electron chi connectivity index (χ2n) is 9.94. The van der Waals surface area contributed by atoms with Gasteiger partial charge in [-0.2, -0.15) is 0 Å². The molecule has 1 saturated carbocycles. The van der Waals surface area contributed by atoms with E-state index in [-0.39, 0.29) is 24.3 Å². The molecule has 0 saturated heterocycles. The van der Waals surface area contributed by atoms with Crippen molar-refractivity contribution in [3.63, 3.8) is 0 Å². The number of hydrogen-bond donors (Lipinski definition) is 1. The molecule has 0 spiro atoms. The monoisotopic (exact) mass is 536 g/mol. The van der Waals surface area contributed by atoms with Crippen LogP contribution in [0, 0.1) is 6.92 Å². The third kappa shape index (κ3) is 7.59. The Bertz CT molecular complexity index is 1190. The lowest BCUT2D eigenvalue weighted by Crippen LogP contribution is -2.53. The zero-order valence-electron chi connectivity index (χ0n) is 21.3. The average Bonchev–Trinajstić information content (AvgIpc) is 2.89. The van der Waals surface area contributed by atoms with E-state index in [9.17, 15) is 9.59 Å². The van der Waals surface area contributed by atoms with E-state index in [1.165, 1.54) is 6.42 Å². The summed E-state index contributed by atoms with van der Waals surface area (Å²) in [6, 6.07) is 22.6. The highest BCUT2D eigenvalue weighted by Gasteiger charge is 2.32. The number of nitrogens with one attached hydrogen (secondary N) is 1. The minimum atomic E-state index is -0.668. The van der Waals surface area contributed by atoms with E-state index >= 15 is 0 Å². The van der Waals surface area contributed by atoms with E-state index < -0.39 is 6.04 Å². The zero-order chi connectivity index (χ0) is 26.2. The Balaban J connectivity index is 1.68. The predicted molar refractivity (Wildman–Crippen MR) is 151 cm³/mol. The molecule has 4 rings (SSSR count). The lowest BCUT2D eigenvalue weighted by Gasteiger charge is -2.34. The van der Waals surface area contributed by atoms with Crippen LogP contribution in [0.2, 0.25) is 10.0 Å². The number of carbonyl (C=O) groups excluding carboxylic acids is 2. The average molecular weight is 538 g/mol. The molecule has 3 aromatic carbocycles. The Hall–Kier alpha value is -2.82. The summed E-state index contributed by atoms with van der Waals surface area (Å²) in [4.78, 5) is 29.5. The third-order valence-electron chi connectivity index (χ3n) is 7.05. The first-order valence-corrected chi connectivity index (χ1v) is 13.8. The molecular weight excluding hydrogens is 503 g/mol. The molecule has 1 atom stereocenters. The highest BCUT2D eigenvalue weighted by molar-refractivity contribution is 6.36. The van der Waals surface area contributed by atoms with Crippen LogP contribution in [-0.4, -0.2) is 28.8 Å². The predicted octanol–water partition coefficient (Wildman–Crippen LogP) is 6.93. The smallest absolute Gasteiger partial charge is 0.243 e. The van der Waals surface area contributed by atoms with Crippen LogP contribution in [0.3, 0.4) is 0 Å². The number of benzene rings is 3. The summed E-state index contributed by atoms with van der Waals surface area (Å²) in [6.07, 6.45) is 5.84. The molecule has 1 N–H and O–H groups in total. The summed E-state index contributed by atoms with van der Waals surface area (Å²) in [5, 5.41) is 4.17. The van der Waals surface area contributed by atoms with E-state index in [1.54, 1.807) is 23.1 Å². The Labute approximate surface area is 230 Å². The van der Waals surface area contributed by atoms with Gasteiger partial charge < -0.3 is 10.2 Å². The fraction of sp³-hybridized carbons (Fsp3) is 0.355. The summed E-state index contributed by atoms with van der Waals surface area (Å²) < 4.78 is 0. The van der Waals surface area contributed by atoms with Gasteiger partial charge in [0.15, 0.2) is 0 Å². The van der Waals surface area contributed by atoms with Crippen molar-refractivity contribution in [3.05, 3.63) is 105 Å². The molecule has 194 valence electrons. The number of amides is 2. The number of nitrogens with zero attached hydrogens (tertiary/aromatic N) is 1. The molecule has 1 fully saturated rings. The van der Waals surface area contributed by atoms with Crippen molar-refractivity contribution in [3.8, 4) is 0 Å². The molecule has 0 bridgehead atoms. The first kappa shape index (κ1) is 27.2. The van der Waals surface area contributed by atoms with Gasteiger partial charge in [-0.1, -0.05) is 109 Å². The van der Waals surface area contributed by atoms with E-state index in [2.05, 4.69) is 11.4 Å². The van der Waals surface area contributed by atoms with Crippen molar-refractivity contribution in [1.82, 2.24) is 10.2 Å². The van der Waals surface area contributed by atoms with Crippen molar-refractivity contribution in [1.29, 1.82) is 0 Å². The van der Waals surface area contributed by atoms with Crippen LogP contribution in [0.1, 0.15) is 54.4 Å². The van der Waals surface area contributed by atoms with Crippen LogP contribution < -0.4 is 5.32 Å². The molecule has 1 unspecified atom stereocenters. The second-order valence-corrected chi connectivity index (χ2v) is 10.8. The standard InChI is InChI=1S/C31H34Cl2N2O2/c1-22-10-8-13-24(18-22)21-35(30(36)20-26-27(32)16-9-17-28(26)33)29(19-23-11-4-2-5-12-23)31(37)34-25-14-6-3-7-15-25/h2,4-5,8-13,16-18,25,29H,3,6-7,14-15,19-21H2,1H3,(H,34,37). The molecule has 37 heavy (non-hydrogen) atoms. The lowest BCUT2D eigenvalue weighted by atomic mass is 9.94. The highest BCUT2D eigenvalue weighted by Crippen LogP contribution is 2.27. The van der Waals surface area contributed by atoms with E-state index in [1.807, 2.05) is 55.5 Å². The Morgan fingerprint density at radius 3 is 2.22 bits per heavy atom. The molecular formula is C31H34Cl2N2O2. The minimum absolute atomic E-state index is 0.0202. The SMILES string of the molecule is Cc1cccc(CN(C(=O)Cc2c(Cl)cccc2Cl)C(Cc2ccccc2)C(=O)NC2CCCCC2)c1. The van der Waals surface area contributed by atoms with Crippen molar-refractivity contribution < 1.29 is 9.59 Å². The van der Waals surface area contributed by atoms with Gasteiger partial charge in [-0.3, -0.25) is 9.59 Å². The Kier molecular flexibility index (Phi) is 9.65. The molecule has 6 heteroatoms. The fourth-order valence-electron chi connectivity index (χ4n) is 5.06. The molecule has 1 aliphatic rings. The second kappa shape index (κ2) is 13.1. The van der Waals surface area contributed by atoms with Gasteiger partial charge in [0.2, 0.25) is 11.8 Å². The molecule has 0 heterocycles. The van der Waals surface area contributed by atoms with Gasteiger partial charge in [-0.05, 0) is 48.6 Å². The number of rotatable bonds is 9. The molecule has 0 radical (unpaired) electrons. The Morgan fingerprint density at radius 2 is 1.54 bits per heavy atom. The maximum atomic E-state index is 14.0. The molecule has 4 nitrogen and oxygen atoms in total. The summed E-state index contributed by atoms with van der Waals surface area (Å²) in [6.45, 7) is 2.34. The first-order valence-electron chi connectivity index (χ1n) is 13.0. The van der Waals surface area contributed by atoms with Crippen molar-refractivity contribution in [2.24, 2.45) is 0 Å². The van der Waals surface area contributed by atoms with Crippen molar-refractivity contribution in [2.75, 3.05) is 0 Å². The van der Waals surface area contributed by atoms with Gasteiger partial charge in [0.1, 0.15) is 6.04 Å². The quantitative estimate of drug-likeness (QED) is 0.322. The van der Waals surface area contributed by atoms with Gasteiger partial charge in [0.25, 0.3) is 0 Å². The molecule has 0 aliphatic heterocycles. The highest BCUT2D eigenvalue weighted by atomic mass is 35.5. The maximum Gasteiger partial charge on any atom is 0.243 e. The summed E-state index contributed by atoms with van der Waals surface area (Å²) in [5.41, 5.74) is 3.66. The minimum Gasteiger partial charge on any atom is -0.352 e. The largest absolute Gasteiger partial charge is 0.352 e. The van der Waals surface area contributed by atoms with Gasteiger partial charge in [-0.15, -0.1) is 0 Å². The van der Waals surface area contributed by atoms with Crippen molar-refractivity contribution >= 4 is 35.0 Å². The summed E-state index contributed by atoms with van der Waals surface area (Å²) in [5.74, 6) is -0.293. The van der Waals surface area contributed by atoms with Gasteiger partial charge in [0.05, 0.1) is 6.42 Å². The first-order chi connectivity index (χ1) is 17.9. The molecule has 0 aromatic heterocycles. The Morgan fingerprint density at radius 1 is 0.892 bits per heavy atom. The fourth-order valence-corrected chi connectivity index (χ4v) is 5.59. The van der Waals surface area contributed by atoms with Crippen LogP contribution >= 0.6 is 23.2 Å². The molecule has 2 amide bonds. The number of aryl methyl sites for hydroxylation is 1. The van der Waals surface area contributed by atoms with Gasteiger partial charge in [0, 0.05) is 29.1 Å². The van der Waals surface area contributed by atoms with Crippen molar-refractivity contribution in [2.45, 2.75) is 70.5 Å². The maximum absolute atomic E-state index is 14.0. The van der Waals surface area contributed by atoms with Crippen LogP contribution in [-0.2, 0) is 29.0 Å². The topological polar surface area (TPSA) is 49.4 Å². The van der Waals surface area contributed by atoms with Gasteiger partial charge >= 0.3 is 0 Å². The molecule has 3 aromatic rings. The lowest BCUT2D eigenvalue weighted by molar-refractivity contribution is -0.141. The van der Waals surface area contributed by atoms with E-state index in [0.717, 1.165) is 42.4 Å². The van der Waals surface area contributed by atoms with Gasteiger partial charge in [-0.25, -0.2) is 0 Å². The van der Waals surface area contributed by atoms with Crippen LogP contribution in [0.4, 0.5) is 0 Å². The normalized spacial score (nSPS) is 14.7. The number of halogens is 2. The number of hydrogen-bond acceptors (Lipinski definition) is 2. The van der Waals surface area contributed by atoms with Crippen LogP contribution in [0.25, 0.3) is 0 Å². The van der Waals surface area contributed by atoms with E-state index in [0.29, 0.717) is 28.6 Å². The van der Waals surface area contributed by atoms with Crippen LogP contribution in [0.5, 0.6) is 0 Å². The van der Waals surface area contributed by atoms with E-state index in [4.69, 9.17) is 23.2 Å². The number of carbonyl (C=O) groups is 2.